The summed E-state index contributed by atoms with van der Waals surface area (Å²) in [6.07, 6.45) is 3.29. The van der Waals surface area contributed by atoms with Crippen LogP contribution >= 0.6 is 0 Å². The van der Waals surface area contributed by atoms with Gasteiger partial charge in [-0.2, -0.15) is 0 Å². The molecule has 0 atom stereocenters. The highest BCUT2D eigenvalue weighted by Gasteiger charge is 2.13. The van der Waals surface area contributed by atoms with Crippen LogP contribution in [0.3, 0.4) is 0 Å². The van der Waals surface area contributed by atoms with E-state index in [0.29, 0.717) is 17.8 Å². The molecule has 1 aliphatic rings. The zero-order chi connectivity index (χ0) is 12.1. The van der Waals surface area contributed by atoms with Gasteiger partial charge in [0.25, 0.3) is 0 Å². The van der Waals surface area contributed by atoms with Gasteiger partial charge < -0.3 is 5.73 Å². The minimum atomic E-state index is 0.436. The molecular formula is C13H17N3. The minimum absolute atomic E-state index is 0.436. The number of aliphatic imine (C=N–C) groups is 2. The van der Waals surface area contributed by atoms with E-state index in [0.717, 1.165) is 23.4 Å². The minimum Gasteiger partial charge on any atom is -0.391 e. The molecule has 0 aromatic rings. The van der Waals surface area contributed by atoms with Crippen LogP contribution in [0.15, 0.2) is 51.5 Å². The summed E-state index contributed by atoms with van der Waals surface area (Å²) >= 11 is 0. The van der Waals surface area contributed by atoms with Crippen LogP contribution in [-0.2, 0) is 0 Å². The predicted octanol–water partition coefficient (Wildman–Crippen LogP) is 2.73. The van der Waals surface area contributed by atoms with E-state index in [-0.39, 0.29) is 0 Å². The van der Waals surface area contributed by atoms with Crippen molar-refractivity contribution >= 4 is 11.9 Å². The number of nitrogens with two attached hydrogens (primary N) is 1. The van der Waals surface area contributed by atoms with Crippen molar-refractivity contribution in [2.24, 2.45) is 15.7 Å². The number of hydrogen-bond donors (Lipinski definition) is 1. The van der Waals surface area contributed by atoms with Gasteiger partial charge in [-0.15, -0.1) is 5.73 Å². The van der Waals surface area contributed by atoms with Crippen LogP contribution in [0.25, 0.3) is 0 Å². The van der Waals surface area contributed by atoms with Crippen molar-refractivity contribution in [1.82, 2.24) is 0 Å². The lowest BCUT2D eigenvalue weighted by Gasteiger charge is -2.13. The van der Waals surface area contributed by atoms with Crippen LogP contribution in [-0.4, -0.2) is 11.9 Å². The van der Waals surface area contributed by atoms with E-state index in [1.807, 2.05) is 6.92 Å². The maximum absolute atomic E-state index is 5.77. The van der Waals surface area contributed by atoms with Crippen molar-refractivity contribution < 1.29 is 0 Å². The fourth-order valence-electron chi connectivity index (χ4n) is 1.29. The van der Waals surface area contributed by atoms with Gasteiger partial charge in [0, 0.05) is 18.3 Å². The van der Waals surface area contributed by atoms with Gasteiger partial charge in [-0.1, -0.05) is 20.1 Å². The van der Waals surface area contributed by atoms with Gasteiger partial charge in [0.2, 0.25) is 0 Å². The Balaban J connectivity index is 3.23. The summed E-state index contributed by atoms with van der Waals surface area (Å²) in [4.78, 5) is 8.74. The topological polar surface area (TPSA) is 50.7 Å². The standard InChI is InChI=1S/C13H17N3/c1-5-10(4)16-12-7-9(3)8-15-13(12)11(14)6-2/h8H,2-3,5,7,14H2,1,4H3. The number of nitrogens with zero attached hydrogens (tertiary/aromatic N) is 2. The first-order valence-electron chi connectivity index (χ1n) is 5.23. The molecule has 0 aromatic heterocycles. The van der Waals surface area contributed by atoms with E-state index in [9.17, 15) is 0 Å². The predicted molar refractivity (Wildman–Crippen MR) is 69.5 cm³/mol. The summed E-state index contributed by atoms with van der Waals surface area (Å²) in [6.45, 7) is 11.4. The Labute approximate surface area is 96.5 Å². The first kappa shape index (κ1) is 12.2. The largest absolute Gasteiger partial charge is 0.391 e. The third-order valence-corrected chi connectivity index (χ3v) is 2.33. The lowest BCUT2D eigenvalue weighted by atomic mass is 10.1. The Morgan fingerprint density at radius 3 is 2.94 bits per heavy atom. The van der Waals surface area contributed by atoms with E-state index in [2.05, 4.69) is 35.8 Å². The van der Waals surface area contributed by atoms with E-state index in [1.54, 1.807) is 6.21 Å². The molecule has 0 spiro atoms. The lowest BCUT2D eigenvalue weighted by Crippen LogP contribution is -2.07. The molecule has 0 aliphatic carbocycles. The lowest BCUT2D eigenvalue weighted by molar-refractivity contribution is 1.03. The first-order chi connectivity index (χ1) is 7.58. The summed E-state index contributed by atoms with van der Waals surface area (Å²) in [5.41, 5.74) is 12.3. The Hall–Kier alpha value is -1.86. The summed E-state index contributed by atoms with van der Waals surface area (Å²) < 4.78 is 0. The van der Waals surface area contributed by atoms with Gasteiger partial charge in [-0.05, 0) is 18.9 Å². The average molecular weight is 215 g/mol. The quantitative estimate of drug-likeness (QED) is 0.571. The average Bonchev–Trinajstić information content (AvgIpc) is 2.28. The van der Waals surface area contributed by atoms with Gasteiger partial charge in [-0.25, -0.2) is 0 Å². The number of allylic oxidation sites excluding steroid dienone is 1. The van der Waals surface area contributed by atoms with E-state index in [4.69, 9.17) is 5.73 Å². The normalized spacial score (nSPS) is 16.4. The van der Waals surface area contributed by atoms with Gasteiger partial charge in [-0.3, -0.25) is 9.98 Å². The highest BCUT2D eigenvalue weighted by molar-refractivity contribution is 5.85. The van der Waals surface area contributed by atoms with Gasteiger partial charge >= 0.3 is 0 Å². The summed E-state index contributed by atoms with van der Waals surface area (Å²) in [6, 6.07) is 0. The highest BCUT2D eigenvalue weighted by atomic mass is 14.9. The van der Waals surface area contributed by atoms with Crippen LogP contribution in [0.2, 0.25) is 0 Å². The van der Waals surface area contributed by atoms with E-state index in [1.165, 1.54) is 0 Å². The zero-order valence-corrected chi connectivity index (χ0v) is 9.88. The molecule has 1 rings (SSSR count). The molecule has 3 nitrogen and oxygen atoms in total. The Morgan fingerprint density at radius 1 is 1.69 bits per heavy atom. The smallest absolute Gasteiger partial charge is 0.116 e. The van der Waals surface area contributed by atoms with Crippen molar-refractivity contribution in [3.8, 4) is 0 Å². The second kappa shape index (κ2) is 5.29. The SMILES string of the molecule is C=C=C(N)C1=C(N=C(C)CC)CC(=C)C=N1. The molecule has 3 heteroatoms. The number of hydrogen-bond acceptors (Lipinski definition) is 3. The van der Waals surface area contributed by atoms with Crippen molar-refractivity contribution in [3.63, 3.8) is 0 Å². The van der Waals surface area contributed by atoms with E-state index < -0.39 is 0 Å². The van der Waals surface area contributed by atoms with Crippen molar-refractivity contribution in [3.05, 3.63) is 41.6 Å². The zero-order valence-electron chi connectivity index (χ0n) is 9.88. The summed E-state index contributed by atoms with van der Waals surface area (Å²) in [7, 11) is 0. The molecule has 0 bridgehead atoms. The summed E-state index contributed by atoms with van der Waals surface area (Å²) in [5.74, 6) is 0. The van der Waals surface area contributed by atoms with Crippen LogP contribution < -0.4 is 5.73 Å². The molecule has 0 saturated carbocycles. The Kier molecular flexibility index (Phi) is 4.03. The molecule has 0 fully saturated rings. The molecule has 1 heterocycles. The van der Waals surface area contributed by atoms with Crippen LogP contribution in [0.1, 0.15) is 26.7 Å². The Bertz CT molecular complexity index is 444. The van der Waals surface area contributed by atoms with Crippen LogP contribution in [0, 0.1) is 0 Å². The van der Waals surface area contributed by atoms with Crippen molar-refractivity contribution in [1.29, 1.82) is 0 Å². The molecule has 2 N–H and O–H groups in total. The molecule has 0 aromatic carbocycles. The number of rotatable bonds is 3. The molecular weight excluding hydrogens is 198 g/mol. The fourth-order valence-corrected chi connectivity index (χ4v) is 1.29. The van der Waals surface area contributed by atoms with Crippen molar-refractivity contribution in [2.75, 3.05) is 0 Å². The maximum Gasteiger partial charge on any atom is 0.116 e. The molecule has 16 heavy (non-hydrogen) atoms. The van der Waals surface area contributed by atoms with Gasteiger partial charge in [0.15, 0.2) is 0 Å². The molecule has 0 saturated heterocycles. The summed E-state index contributed by atoms with van der Waals surface area (Å²) in [5, 5.41) is 0. The molecule has 84 valence electrons. The molecule has 0 amide bonds. The molecule has 0 radical (unpaired) electrons. The van der Waals surface area contributed by atoms with Crippen molar-refractivity contribution in [2.45, 2.75) is 26.7 Å². The fraction of sp³-hybridized carbons (Fsp3) is 0.308. The van der Waals surface area contributed by atoms with Gasteiger partial charge in [0.05, 0.1) is 5.70 Å². The molecule has 0 unspecified atom stereocenters. The van der Waals surface area contributed by atoms with Crippen LogP contribution in [0.4, 0.5) is 0 Å². The van der Waals surface area contributed by atoms with Gasteiger partial charge in [0.1, 0.15) is 11.4 Å². The maximum atomic E-state index is 5.77. The Morgan fingerprint density at radius 2 is 2.38 bits per heavy atom. The molecule has 1 aliphatic heterocycles. The second-order valence-electron chi connectivity index (χ2n) is 3.68. The third-order valence-electron chi connectivity index (χ3n) is 2.33. The highest BCUT2D eigenvalue weighted by Crippen LogP contribution is 2.23. The van der Waals surface area contributed by atoms with Crippen LogP contribution in [0.5, 0.6) is 0 Å². The monoisotopic (exact) mass is 215 g/mol. The second-order valence-corrected chi connectivity index (χ2v) is 3.68. The van der Waals surface area contributed by atoms with E-state index >= 15 is 0 Å². The third kappa shape index (κ3) is 2.81. The first-order valence-corrected chi connectivity index (χ1v) is 5.23.